The van der Waals surface area contributed by atoms with Crippen molar-refractivity contribution in [2.24, 2.45) is 4.99 Å². The van der Waals surface area contributed by atoms with Crippen LogP contribution in [0.1, 0.15) is 0 Å². The van der Waals surface area contributed by atoms with Crippen LogP contribution in [0.4, 0.5) is 0 Å². The molecule has 0 saturated heterocycles. The second kappa shape index (κ2) is 9.46. The molecule has 0 aliphatic carbocycles. The van der Waals surface area contributed by atoms with Gasteiger partial charge < -0.3 is 10.6 Å². The van der Waals surface area contributed by atoms with Crippen LogP contribution in [0.5, 0.6) is 0 Å². The minimum atomic E-state index is -0.269. The maximum Gasteiger partial charge on any atom is 0.248 e. The van der Waals surface area contributed by atoms with Gasteiger partial charge in [-0.1, -0.05) is 0 Å². The van der Waals surface area contributed by atoms with E-state index in [1.165, 1.54) is 6.34 Å². The summed E-state index contributed by atoms with van der Waals surface area (Å²) in [7, 11) is 1.57. The maximum atomic E-state index is 10.9. The molecule has 0 saturated carbocycles. The summed E-state index contributed by atoms with van der Waals surface area (Å²) in [6.45, 7) is 0.676. The van der Waals surface area contributed by atoms with E-state index in [1.54, 1.807) is 7.05 Å². The van der Waals surface area contributed by atoms with Crippen LogP contribution in [0.25, 0.3) is 0 Å². The highest BCUT2D eigenvalue weighted by Gasteiger charge is 1.98. The lowest BCUT2D eigenvalue weighted by Crippen LogP contribution is -2.35. The highest BCUT2D eigenvalue weighted by Crippen LogP contribution is 1.68. The van der Waals surface area contributed by atoms with E-state index >= 15 is 0 Å². The average molecular weight is 202 g/mol. The van der Waals surface area contributed by atoms with Crippen molar-refractivity contribution in [2.75, 3.05) is 26.7 Å². The van der Waals surface area contributed by atoms with Gasteiger partial charge in [-0.2, -0.15) is 0 Å². The Hall–Kier alpha value is -1.63. The van der Waals surface area contributed by atoms with E-state index in [9.17, 15) is 9.59 Å². The van der Waals surface area contributed by atoms with Crippen molar-refractivity contribution >= 4 is 18.7 Å². The molecule has 0 aromatic heterocycles. The van der Waals surface area contributed by atoms with Crippen LogP contribution in [0.3, 0.4) is 0 Å². The third-order valence-corrected chi connectivity index (χ3v) is 1.14. The molecule has 7 nitrogen and oxygen atoms in total. The smallest absolute Gasteiger partial charge is 0.248 e. The van der Waals surface area contributed by atoms with Crippen molar-refractivity contribution in [3.05, 3.63) is 0 Å². The lowest BCUT2D eigenvalue weighted by molar-refractivity contribution is -0.127. The van der Waals surface area contributed by atoms with E-state index in [1.807, 2.05) is 0 Å². The topological polar surface area (TPSA) is 91.8 Å². The van der Waals surface area contributed by atoms with Crippen LogP contribution in [0.15, 0.2) is 4.99 Å². The molecular weight excluding hydrogens is 188 g/mol. The van der Waals surface area contributed by atoms with Gasteiger partial charge in [-0.15, -0.1) is 0 Å². The molecule has 0 bridgehead atoms. The fourth-order valence-electron chi connectivity index (χ4n) is 0.581. The highest BCUT2D eigenvalue weighted by atomic mass is 16.6. The summed E-state index contributed by atoms with van der Waals surface area (Å²) in [5.41, 5.74) is 2.34. The molecule has 0 aromatic rings. The number of rotatable bonds is 8. The molecule has 0 atom stereocenters. The SMILES string of the molecule is CN=CNOCC(=O)NCCNC=O. The molecule has 0 unspecified atom stereocenters. The standard InChI is InChI=1S/C7H14N4O3/c1-8-5-11-14-4-7(13)10-3-2-9-6-12/h5-6H,2-4H2,1H3,(H,8,11)(H,9,12)(H,10,13). The molecule has 0 radical (unpaired) electrons. The van der Waals surface area contributed by atoms with Crippen molar-refractivity contribution in [1.82, 2.24) is 16.1 Å². The maximum absolute atomic E-state index is 10.9. The third kappa shape index (κ3) is 8.47. The first-order valence-electron chi connectivity index (χ1n) is 4.03. The van der Waals surface area contributed by atoms with Crippen molar-refractivity contribution in [1.29, 1.82) is 0 Å². The van der Waals surface area contributed by atoms with Crippen LogP contribution in [0, 0.1) is 0 Å². The Morgan fingerprint density at radius 3 is 2.93 bits per heavy atom. The minimum Gasteiger partial charge on any atom is -0.357 e. The first-order chi connectivity index (χ1) is 6.81. The molecule has 3 N–H and O–H groups in total. The molecule has 7 heteroatoms. The van der Waals surface area contributed by atoms with Crippen molar-refractivity contribution in [3.8, 4) is 0 Å². The normalized spacial score (nSPS) is 9.79. The Labute approximate surface area is 81.9 Å². The van der Waals surface area contributed by atoms with Gasteiger partial charge in [0.2, 0.25) is 12.3 Å². The molecule has 0 aliphatic heterocycles. The Morgan fingerprint density at radius 1 is 1.50 bits per heavy atom. The molecule has 0 fully saturated rings. The predicted octanol–water partition coefficient (Wildman–Crippen LogP) is -1.97. The number of nitrogens with one attached hydrogen (secondary N) is 3. The first kappa shape index (κ1) is 12.4. The Kier molecular flexibility index (Phi) is 8.36. The summed E-state index contributed by atoms with van der Waals surface area (Å²) in [5, 5.41) is 4.93. The Balaban J connectivity index is 3.23. The number of nitrogens with zero attached hydrogens (tertiary/aromatic N) is 1. The third-order valence-electron chi connectivity index (χ3n) is 1.14. The summed E-state index contributed by atoms with van der Waals surface area (Å²) in [6, 6.07) is 0. The summed E-state index contributed by atoms with van der Waals surface area (Å²) in [4.78, 5) is 29.0. The van der Waals surface area contributed by atoms with E-state index in [-0.39, 0.29) is 12.5 Å². The number of carbonyl (C=O) groups excluding carboxylic acids is 2. The fraction of sp³-hybridized carbons (Fsp3) is 0.571. The van der Waals surface area contributed by atoms with Gasteiger partial charge in [0.25, 0.3) is 0 Å². The lowest BCUT2D eigenvalue weighted by Gasteiger charge is -2.04. The van der Waals surface area contributed by atoms with E-state index < -0.39 is 0 Å². The highest BCUT2D eigenvalue weighted by molar-refractivity contribution is 5.77. The Bertz CT molecular complexity index is 195. The van der Waals surface area contributed by atoms with Crippen LogP contribution in [-0.4, -0.2) is 45.4 Å². The van der Waals surface area contributed by atoms with E-state index in [0.29, 0.717) is 19.5 Å². The number of hydroxylamine groups is 1. The lowest BCUT2D eigenvalue weighted by atomic mass is 10.5. The average Bonchev–Trinajstić information content (AvgIpc) is 2.19. The van der Waals surface area contributed by atoms with Crippen LogP contribution < -0.4 is 16.1 Å². The number of hydrogen-bond donors (Lipinski definition) is 3. The van der Waals surface area contributed by atoms with Crippen molar-refractivity contribution < 1.29 is 14.4 Å². The Morgan fingerprint density at radius 2 is 2.29 bits per heavy atom. The van der Waals surface area contributed by atoms with Gasteiger partial charge in [0.1, 0.15) is 6.34 Å². The summed E-state index contributed by atoms with van der Waals surface area (Å²) in [5.74, 6) is -0.269. The van der Waals surface area contributed by atoms with E-state index in [0.717, 1.165) is 0 Å². The molecule has 14 heavy (non-hydrogen) atoms. The van der Waals surface area contributed by atoms with E-state index in [4.69, 9.17) is 4.84 Å². The molecule has 0 rings (SSSR count). The summed E-state index contributed by atoms with van der Waals surface area (Å²) in [6.07, 6.45) is 1.89. The largest absolute Gasteiger partial charge is 0.357 e. The molecule has 80 valence electrons. The molecule has 2 amide bonds. The minimum absolute atomic E-state index is 0.104. The zero-order chi connectivity index (χ0) is 10.6. The van der Waals surface area contributed by atoms with Gasteiger partial charge in [-0.25, -0.2) is 0 Å². The number of carbonyl (C=O) groups is 2. The number of amides is 2. The predicted molar refractivity (Wildman–Crippen MR) is 50.6 cm³/mol. The molecular formula is C7H14N4O3. The van der Waals surface area contributed by atoms with Crippen LogP contribution in [-0.2, 0) is 14.4 Å². The zero-order valence-corrected chi connectivity index (χ0v) is 7.95. The van der Waals surface area contributed by atoms with Gasteiger partial charge in [-0.3, -0.25) is 24.9 Å². The molecule has 0 heterocycles. The monoisotopic (exact) mass is 202 g/mol. The summed E-state index contributed by atoms with van der Waals surface area (Å²) >= 11 is 0. The second-order valence-corrected chi connectivity index (χ2v) is 2.22. The molecule has 0 spiro atoms. The van der Waals surface area contributed by atoms with Crippen molar-refractivity contribution in [2.45, 2.75) is 0 Å². The van der Waals surface area contributed by atoms with Gasteiger partial charge >= 0.3 is 0 Å². The first-order valence-corrected chi connectivity index (χ1v) is 4.03. The van der Waals surface area contributed by atoms with Crippen LogP contribution in [0.2, 0.25) is 0 Å². The number of hydrogen-bond acceptors (Lipinski definition) is 4. The van der Waals surface area contributed by atoms with Gasteiger partial charge in [0.15, 0.2) is 6.61 Å². The molecule has 0 aromatic carbocycles. The van der Waals surface area contributed by atoms with E-state index in [2.05, 4.69) is 21.1 Å². The van der Waals surface area contributed by atoms with Gasteiger partial charge in [0.05, 0.1) is 0 Å². The van der Waals surface area contributed by atoms with Gasteiger partial charge in [0, 0.05) is 20.1 Å². The van der Waals surface area contributed by atoms with Crippen molar-refractivity contribution in [3.63, 3.8) is 0 Å². The quantitative estimate of drug-likeness (QED) is 0.140. The van der Waals surface area contributed by atoms with Crippen LogP contribution >= 0.6 is 0 Å². The fourth-order valence-corrected chi connectivity index (χ4v) is 0.581. The number of aliphatic imine (C=N–C) groups is 1. The van der Waals surface area contributed by atoms with Gasteiger partial charge in [-0.05, 0) is 0 Å². The molecule has 0 aliphatic rings. The second-order valence-electron chi connectivity index (χ2n) is 2.22. The zero-order valence-electron chi connectivity index (χ0n) is 7.95. The summed E-state index contributed by atoms with van der Waals surface area (Å²) < 4.78 is 0.